The molecule has 0 aliphatic carbocycles. The normalized spacial score (nSPS) is 27.2. The molecule has 0 aromatic heterocycles. The second-order valence-corrected chi connectivity index (χ2v) is 12.9. The molecule has 0 radical (unpaired) electrons. The van der Waals surface area contributed by atoms with Gasteiger partial charge in [0.2, 0.25) is 0 Å². The van der Waals surface area contributed by atoms with Gasteiger partial charge in [0.15, 0.2) is 0 Å². The molecule has 2 aromatic rings. The number of benzene rings is 2. The van der Waals surface area contributed by atoms with Gasteiger partial charge in [-0.3, -0.25) is 0 Å². The van der Waals surface area contributed by atoms with Crippen LogP contribution in [0.15, 0.2) is 60.7 Å². The van der Waals surface area contributed by atoms with Gasteiger partial charge < -0.3 is 9.84 Å². The molecule has 0 amide bonds. The molecule has 0 saturated carbocycles. The van der Waals surface area contributed by atoms with Gasteiger partial charge in [-0.15, -0.1) is 0 Å². The highest BCUT2D eigenvalue weighted by molar-refractivity contribution is 6.89. The van der Waals surface area contributed by atoms with E-state index in [1.807, 2.05) is 6.07 Å². The number of hydrogen-bond acceptors (Lipinski definition) is 2. The molecular weight excluding hydrogens is 324 g/mol. The smallest absolute Gasteiger partial charge is 0.0831 e. The topological polar surface area (TPSA) is 29.5 Å². The van der Waals surface area contributed by atoms with Crippen LogP contribution in [0.5, 0.6) is 0 Å². The van der Waals surface area contributed by atoms with Gasteiger partial charge in [0.05, 0.1) is 26.9 Å². The summed E-state index contributed by atoms with van der Waals surface area (Å²) < 4.78 is 6.28. The Balaban J connectivity index is 1.64. The second kappa shape index (κ2) is 7.86. The molecule has 0 spiro atoms. The molecule has 0 bridgehead atoms. The molecule has 1 N–H and O–H groups in total. The lowest BCUT2D eigenvalue weighted by Crippen LogP contribution is -2.51. The molecule has 2 aromatic carbocycles. The van der Waals surface area contributed by atoms with Crippen molar-refractivity contribution in [2.24, 2.45) is 11.8 Å². The summed E-state index contributed by atoms with van der Waals surface area (Å²) in [4.78, 5) is 0. The maximum atomic E-state index is 10.9. The molecule has 4 atom stereocenters. The largest absolute Gasteiger partial charge is 0.392 e. The number of hydrogen-bond donors (Lipinski definition) is 1. The Bertz CT molecular complexity index is 656. The Hall–Kier alpha value is -1.42. The van der Waals surface area contributed by atoms with E-state index in [4.69, 9.17) is 4.74 Å². The summed E-state index contributed by atoms with van der Waals surface area (Å²) >= 11 is 0. The minimum atomic E-state index is -1.57. The third kappa shape index (κ3) is 4.41. The maximum absolute atomic E-state index is 10.9. The molecule has 2 nitrogen and oxygen atoms in total. The van der Waals surface area contributed by atoms with Crippen LogP contribution in [0.1, 0.15) is 12.5 Å². The van der Waals surface area contributed by atoms with Gasteiger partial charge in [0.1, 0.15) is 0 Å². The van der Waals surface area contributed by atoms with Crippen molar-refractivity contribution in [3.05, 3.63) is 66.2 Å². The monoisotopic (exact) mass is 354 g/mol. The summed E-state index contributed by atoms with van der Waals surface area (Å²) in [5.41, 5.74) is 1.28. The van der Waals surface area contributed by atoms with Gasteiger partial charge >= 0.3 is 0 Å². The van der Waals surface area contributed by atoms with Gasteiger partial charge in [-0.1, -0.05) is 85.9 Å². The van der Waals surface area contributed by atoms with Crippen LogP contribution in [0.4, 0.5) is 0 Å². The standard InChI is InChI=1S/C22H30O2Si/c1-17-21(16-25(2,3)20-12-8-5-9-13-20)24-15-19(22(17)23)14-18-10-6-4-7-11-18/h4-13,17,19,21-23H,14-16H2,1-3H3/t17-,19-,21+,22+/m1/s1. The summed E-state index contributed by atoms with van der Waals surface area (Å²) in [6.07, 6.45) is 0.752. The average Bonchev–Trinajstić information content (AvgIpc) is 2.63. The molecular formula is C22H30O2Si. The molecule has 1 aliphatic rings. The zero-order chi connectivity index (χ0) is 17.9. The summed E-state index contributed by atoms with van der Waals surface area (Å²) in [5, 5.41) is 12.3. The molecule has 3 rings (SSSR count). The molecule has 1 aliphatic heterocycles. The van der Waals surface area contributed by atoms with E-state index in [1.54, 1.807) is 0 Å². The highest BCUT2D eigenvalue weighted by Crippen LogP contribution is 2.32. The minimum Gasteiger partial charge on any atom is -0.392 e. The summed E-state index contributed by atoms with van der Waals surface area (Å²) in [6, 6.07) is 22.3. The minimum absolute atomic E-state index is 0.156. The highest BCUT2D eigenvalue weighted by Gasteiger charge is 2.39. The average molecular weight is 355 g/mol. The van der Waals surface area contributed by atoms with Crippen molar-refractivity contribution in [1.29, 1.82) is 0 Å². The maximum Gasteiger partial charge on any atom is 0.0831 e. The van der Waals surface area contributed by atoms with Gasteiger partial charge in [0.25, 0.3) is 0 Å². The van der Waals surface area contributed by atoms with Crippen molar-refractivity contribution in [2.75, 3.05) is 6.61 Å². The lowest BCUT2D eigenvalue weighted by molar-refractivity contribution is -0.114. The van der Waals surface area contributed by atoms with Crippen LogP contribution < -0.4 is 5.19 Å². The Labute approximate surface area is 152 Å². The van der Waals surface area contributed by atoms with Crippen molar-refractivity contribution in [3.8, 4) is 0 Å². The lowest BCUT2D eigenvalue weighted by Gasteiger charge is -2.41. The van der Waals surface area contributed by atoms with Crippen LogP contribution in [-0.4, -0.2) is 32.0 Å². The van der Waals surface area contributed by atoms with Crippen molar-refractivity contribution in [1.82, 2.24) is 0 Å². The quantitative estimate of drug-likeness (QED) is 0.826. The second-order valence-electron chi connectivity index (χ2n) is 8.13. The van der Waals surface area contributed by atoms with Gasteiger partial charge in [-0.25, -0.2) is 0 Å². The first-order valence-electron chi connectivity index (χ1n) is 9.36. The van der Waals surface area contributed by atoms with Crippen LogP contribution in [-0.2, 0) is 11.2 Å². The molecule has 1 fully saturated rings. The van der Waals surface area contributed by atoms with E-state index in [-0.39, 0.29) is 24.0 Å². The summed E-state index contributed by atoms with van der Waals surface area (Å²) in [5.74, 6) is 0.369. The fourth-order valence-electron chi connectivity index (χ4n) is 4.00. The van der Waals surface area contributed by atoms with Gasteiger partial charge in [0, 0.05) is 11.8 Å². The Morgan fingerprint density at radius 3 is 2.24 bits per heavy atom. The number of aliphatic hydroxyl groups excluding tert-OH is 1. The Morgan fingerprint density at radius 1 is 1.00 bits per heavy atom. The first-order valence-corrected chi connectivity index (χ1v) is 12.6. The van der Waals surface area contributed by atoms with E-state index in [9.17, 15) is 5.11 Å². The third-order valence-corrected chi connectivity index (χ3v) is 9.06. The van der Waals surface area contributed by atoms with Crippen molar-refractivity contribution in [2.45, 2.75) is 44.7 Å². The third-order valence-electron chi connectivity index (χ3n) is 5.74. The predicted octanol–water partition coefficient (Wildman–Crippen LogP) is 3.86. The molecule has 0 unspecified atom stereocenters. The zero-order valence-corrected chi connectivity index (χ0v) is 16.6. The van der Waals surface area contributed by atoms with Crippen LogP contribution in [0.2, 0.25) is 19.1 Å². The van der Waals surface area contributed by atoms with Crippen molar-refractivity contribution in [3.63, 3.8) is 0 Å². The van der Waals surface area contributed by atoms with E-state index in [1.165, 1.54) is 10.8 Å². The van der Waals surface area contributed by atoms with Crippen molar-refractivity contribution < 1.29 is 9.84 Å². The van der Waals surface area contributed by atoms with Gasteiger partial charge in [-0.2, -0.15) is 0 Å². The Kier molecular flexibility index (Phi) is 5.77. The first-order chi connectivity index (χ1) is 12.0. The van der Waals surface area contributed by atoms with E-state index in [2.05, 4.69) is 74.6 Å². The molecule has 134 valence electrons. The van der Waals surface area contributed by atoms with E-state index < -0.39 is 8.07 Å². The molecule has 1 saturated heterocycles. The van der Waals surface area contributed by atoms with Crippen molar-refractivity contribution >= 4 is 13.3 Å². The zero-order valence-electron chi connectivity index (χ0n) is 15.6. The summed E-state index contributed by atoms with van der Waals surface area (Å²) in [7, 11) is -1.57. The van der Waals surface area contributed by atoms with E-state index in [0.717, 1.165) is 12.5 Å². The highest BCUT2D eigenvalue weighted by atomic mass is 28.3. The molecule has 25 heavy (non-hydrogen) atoms. The predicted molar refractivity (Wildman–Crippen MR) is 107 cm³/mol. The molecule has 3 heteroatoms. The fourth-order valence-corrected chi connectivity index (χ4v) is 6.82. The van der Waals surface area contributed by atoms with Crippen LogP contribution in [0.25, 0.3) is 0 Å². The van der Waals surface area contributed by atoms with E-state index in [0.29, 0.717) is 6.61 Å². The fraction of sp³-hybridized carbons (Fsp3) is 0.455. The Morgan fingerprint density at radius 2 is 1.60 bits per heavy atom. The SMILES string of the molecule is C[C@H]1[C@H](O)[C@H](Cc2ccccc2)CO[C@H]1C[Si](C)(C)c1ccccc1. The number of aliphatic hydroxyl groups is 1. The van der Waals surface area contributed by atoms with Crippen LogP contribution in [0, 0.1) is 11.8 Å². The van der Waals surface area contributed by atoms with Crippen LogP contribution in [0.3, 0.4) is 0 Å². The number of ether oxygens (including phenoxy) is 1. The van der Waals surface area contributed by atoms with Crippen LogP contribution >= 0.6 is 0 Å². The first kappa shape index (κ1) is 18.4. The van der Waals surface area contributed by atoms with Gasteiger partial charge in [-0.05, 0) is 18.0 Å². The number of rotatable bonds is 5. The molecule has 1 heterocycles. The van der Waals surface area contributed by atoms with E-state index >= 15 is 0 Å². The summed E-state index contributed by atoms with van der Waals surface area (Å²) in [6.45, 7) is 7.62. The lowest BCUT2D eigenvalue weighted by atomic mass is 9.83.